The molecule has 0 unspecified atom stereocenters. The van der Waals surface area contributed by atoms with Gasteiger partial charge in [-0.3, -0.25) is 0 Å². The second kappa shape index (κ2) is 7.31. The molecule has 1 heterocycles. The molecule has 0 saturated carbocycles. The first-order valence-electron chi connectivity index (χ1n) is 11.9. The van der Waals surface area contributed by atoms with Crippen LogP contribution in [0.4, 0.5) is 0 Å². The van der Waals surface area contributed by atoms with Crippen LogP contribution in [-0.4, -0.2) is 18.3 Å². The number of hydrogen-bond donors (Lipinski definition) is 0. The van der Waals surface area contributed by atoms with Crippen LogP contribution in [0.2, 0.25) is 0 Å². The highest BCUT2D eigenvalue weighted by molar-refractivity contribution is 6.54. The van der Waals surface area contributed by atoms with Crippen LogP contribution in [0.3, 0.4) is 0 Å². The molecule has 6 rings (SSSR count). The fourth-order valence-electron chi connectivity index (χ4n) is 5.19. The van der Waals surface area contributed by atoms with E-state index in [9.17, 15) is 0 Å². The van der Waals surface area contributed by atoms with E-state index in [-0.39, 0.29) is 18.3 Å². The average molecular weight is 432 g/mol. The second-order valence-electron chi connectivity index (χ2n) is 10.4. The molecule has 1 fully saturated rings. The highest BCUT2D eigenvalue weighted by Gasteiger charge is 2.52. The Morgan fingerprint density at radius 1 is 0.606 bits per heavy atom. The lowest BCUT2D eigenvalue weighted by atomic mass is 9.72. The first-order valence-corrected chi connectivity index (χ1v) is 11.9. The maximum absolute atomic E-state index is 6.27. The van der Waals surface area contributed by atoms with Crippen LogP contribution in [0.1, 0.15) is 46.1 Å². The van der Waals surface area contributed by atoms with Crippen molar-refractivity contribution in [1.29, 1.82) is 0 Å². The molecule has 0 atom stereocenters. The van der Waals surface area contributed by atoms with Gasteiger partial charge in [0, 0.05) is 0 Å². The molecule has 1 aliphatic carbocycles. The van der Waals surface area contributed by atoms with E-state index in [2.05, 4.69) is 107 Å². The molecule has 3 heteroatoms. The first kappa shape index (κ1) is 20.7. The third kappa shape index (κ3) is 3.26. The monoisotopic (exact) mass is 432 g/mol. The van der Waals surface area contributed by atoms with E-state index >= 15 is 0 Å². The highest BCUT2D eigenvalue weighted by atomic mass is 16.7. The minimum Gasteiger partial charge on any atom is -0.400 e. The first-order chi connectivity index (χ1) is 15.8. The molecule has 33 heavy (non-hydrogen) atoms. The van der Waals surface area contributed by atoms with Gasteiger partial charge >= 0.3 is 7.12 Å². The summed E-state index contributed by atoms with van der Waals surface area (Å²) in [6.07, 6.45) is 6.42. The summed E-state index contributed by atoms with van der Waals surface area (Å²) in [6, 6.07) is 24.5. The zero-order valence-corrected chi connectivity index (χ0v) is 19.8. The third-order valence-corrected chi connectivity index (χ3v) is 7.85. The molecule has 1 saturated heterocycles. The van der Waals surface area contributed by atoms with Crippen molar-refractivity contribution < 1.29 is 9.31 Å². The van der Waals surface area contributed by atoms with E-state index in [1.807, 2.05) is 0 Å². The van der Waals surface area contributed by atoms with Gasteiger partial charge in [-0.2, -0.15) is 0 Å². The van der Waals surface area contributed by atoms with E-state index in [0.717, 1.165) is 12.8 Å². The molecule has 0 spiro atoms. The van der Waals surface area contributed by atoms with Gasteiger partial charge in [0.2, 0.25) is 0 Å². The number of allylic oxidation sites excluding steroid dienone is 4. The summed E-state index contributed by atoms with van der Waals surface area (Å²) in [5, 5.41) is 7.91. The quantitative estimate of drug-likeness (QED) is 0.237. The molecule has 0 bridgehead atoms. The zero-order chi connectivity index (χ0) is 22.8. The summed E-state index contributed by atoms with van der Waals surface area (Å²) in [5.41, 5.74) is 3.30. The van der Waals surface area contributed by atoms with Gasteiger partial charge in [-0.15, -0.1) is 0 Å². The summed E-state index contributed by atoms with van der Waals surface area (Å²) in [4.78, 5) is 0. The van der Waals surface area contributed by atoms with Crippen molar-refractivity contribution >= 4 is 45.0 Å². The van der Waals surface area contributed by atoms with Gasteiger partial charge in [-0.1, -0.05) is 72.8 Å². The lowest BCUT2D eigenvalue weighted by molar-refractivity contribution is 0.00578. The lowest BCUT2D eigenvalue weighted by Gasteiger charge is -2.32. The molecule has 0 N–H and O–H groups in total. The molecule has 164 valence electrons. The Morgan fingerprint density at radius 2 is 1.12 bits per heavy atom. The highest BCUT2D eigenvalue weighted by Crippen LogP contribution is 2.41. The molecular formula is C30H29BO2. The Hall–Kier alpha value is -2.88. The van der Waals surface area contributed by atoms with Crippen LogP contribution < -0.4 is 0 Å². The lowest BCUT2D eigenvalue weighted by Crippen LogP contribution is -2.41. The maximum atomic E-state index is 6.27. The molecule has 1 aliphatic heterocycles. The smallest absolute Gasteiger partial charge is 0.400 e. The van der Waals surface area contributed by atoms with E-state index in [1.165, 1.54) is 48.9 Å². The fourth-order valence-corrected chi connectivity index (χ4v) is 5.19. The molecule has 0 amide bonds. The van der Waals surface area contributed by atoms with Crippen LogP contribution >= 0.6 is 0 Å². The van der Waals surface area contributed by atoms with Crippen molar-refractivity contribution in [3.8, 4) is 0 Å². The Morgan fingerprint density at radius 3 is 1.64 bits per heavy atom. The van der Waals surface area contributed by atoms with Crippen molar-refractivity contribution in [2.45, 2.75) is 51.7 Å². The minimum absolute atomic E-state index is 0.250. The van der Waals surface area contributed by atoms with Gasteiger partial charge in [-0.05, 0) is 95.5 Å². The Bertz CT molecular complexity index is 1420. The van der Waals surface area contributed by atoms with Crippen molar-refractivity contribution in [1.82, 2.24) is 0 Å². The molecule has 2 nitrogen and oxygen atoms in total. The van der Waals surface area contributed by atoms with Crippen molar-refractivity contribution in [2.75, 3.05) is 0 Å². The number of rotatable bonds is 2. The fraction of sp³-hybridized carbons (Fsp3) is 0.267. The average Bonchev–Trinajstić information content (AvgIpc) is 3.06. The number of fused-ring (bicyclic) bond motifs is 6. The molecule has 0 aromatic heterocycles. The molecule has 4 aromatic rings. The summed E-state index contributed by atoms with van der Waals surface area (Å²) < 4.78 is 12.5. The number of benzene rings is 4. The van der Waals surface area contributed by atoms with Crippen molar-refractivity contribution in [2.24, 2.45) is 0 Å². The molecule has 4 aromatic carbocycles. The predicted molar refractivity (Wildman–Crippen MR) is 140 cm³/mol. The van der Waals surface area contributed by atoms with E-state index in [0.29, 0.717) is 0 Å². The van der Waals surface area contributed by atoms with E-state index < -0.39 is 0 Å². The van der Waals surface area contributed by atoms with Gasteiger partial charge < -0.3 is 9.31 Å². The van der Waals surface area contributed by atoms with Crippen LogP contribution in [0.25, 0.3) is 37.9 Å². The standard InChI is InChI=1S/C30H29BO2/c1-29(2)30(3,4)33-31(32-29)22-16-13-20(14-17-22)21-15-18-27-25-11-6-5-9-23(25)24-10-7-8-12-26(24)28(27)19-21/h5-13,15-16,18-19H,14,17H2,1-4H3. The summed E-state index contributed by atoms with van der Waals surface area (Å²) in [5.74, 6) is 0. The van der Waals surface area contributed by atoms with Crippen molar-refractivity contribution in [3.63, 3.8) is 0 Å². The largest absolute Gasteiger partial charge is 0.490 e. The minimum atomic E-state index is -0.301. The van der Waals surface area contributed by atoms with Gasteiger partial charge in [0.05, 0.1) is 11.2 Å². The van der Waals surface area contributed by atoms with E-state index in [4.69, 9.17) is 9.31 Å². The SMILES string of the molecule is CC1(C)OB(C2=CC=C(c3ccc4c5ccccc5c5ccccc5c4c3)CC2)OC1(C)C. The van der Waals surface area contributed by atoms with Crippen LogP contribution in [0.15, 0.2) is 84.4 Å². The summed E-state index contributed by atoms with van der Waals surface area (Å²) in [7, 11) is -0.250. The normalized spacial score (nSPS) is 19.8. The van der Waals surface area contributed by atoms with Gasteiger partial charge in [0.1, 0.15) is 0 Å². The summed E-state index contributed by atoms with van der Waals surface area (Å²) >= 11 is 0. The molecule has 2 aliphatic rings. The van der Waals surface area contributed by atoms with Crippen molar-refractivity contribution in [3.05, 3.63) is 89.9 Å². The van der Waals surface area contributed by atoms with Crippen LogP contribution in [-0.2, 0) is 9.31 Å². The summed E-state index contributed by atoms with van der Waals surface area (Å²) in [6.45, 7) is 8.45. The van der Waals surface area contributed by atoms with E-state index in [1.54, 1.807) is 0 Å². The topological polar surface area (TPSA) is 18.5 Å². The number of hydrogen-bond acceptors (Lipinski definition) is 2. The molecule has 0 radical (unpaired) electrons. The Balaban J connectivity index is 1.42. The third-order valence-electron chi connectivity index (χ3n) is 7.85. The zero-order valence-electron chi connectivity index (χ0n) is 19.8. The van der Waals surface area contributed by atoms with Gasteiger partial charge in [0.25, 0.3) is 0 Å². The predicted octanol–water partition coefficient (Wildman–Crippen LogP) is 7.88. The van der Waals surface area contributed by atoms with Gasteiger partial charge in [0.15, 0.2) is 0 Å². The Kier molecular flexibility index (Phi) is 4.59. The Labute approximate surface area is 196 Å². The van der Waals surface area contributed by atoms with Crippen LogP contribution in [0, 0.1) is 0 Å². The molecular weight excluding hydrogens is 403 g/mol. The van der Waals surface area contributed by atoms with Gasteiger partial charge in [-0.25, -0.2) is 0 Å². The maximum Gasteiger partial charge on any atom is 0.490 e. The van der Waals surface area contributed by atoms with Crippen LogP contribution in [0.5, 0.6) is 0 Å². The second-order valence-corrected chi connectivity index (χ2v) is 10.4.